The van der Waals surface area contributed by atoms with E-state index in [0.29, 0.717) is 0 Å². The van der Waals surface area contributed by atoms with Gasteiger partial charge in [-0.1, -0.05) is 52.4 Å². The van der Waals surface area contributed by atoms with Crippen molar-refractivity contribution in [2.24, 2.45) is 0 Å². The minimum absolute atomic E-state index is 0.359. The summed E-state index contributed by atoms with van der Waals surface area (Å²) >= 11 is 0. The molecule has 5 heteroatoms. The molecule has 0 spiro atoms. The quantitative estimate of drug-likeness (QED) is 0.687. The predicted molar refractivity (Wildman–Crippen MR) is 84.9 cm³/mol. The highest BCUT2D eigenvalue weighted by Gasteiger charge is 2.27. The van der Waals surface area contributed by atoms with Crippen LogP contribution in [-0.4, -0.2) is 14.7 Å². The number of aromatic amines is 1. The Morgan fingerprint density at radius 3 is 2.33 bits per heavy atom. The van der Waals surface area contributed by atoms with Crippen LogP contribution in [0.3, 0.4) is 0 Å². The standard InChI is InChI=1S/C16H28N2O3/c1-4-6-8-9-11-16(3,10-7-5-2)18-12-13(19)14(20)17-15(18)21/h12,19H,4-11H2,1-3H3,(H,17,20,21). The van der Waals surface area contributed by atoms with E-state index >= 15 is 0 Å². The van der Waals surface area contributed by atoms with Gasteiger partial charge >= 0.3 is 5.69 Å². The molecule has 0 saturated carbocycles. The Kier molecular flexibility index (Phi) is 6.72. The molecule has 1 heterocycles. The Hall–Kier alpha value is -1.52. The molecular formula is C16H28N2O3. The van der Waals surface area contributed by atoms with Gasteiger partial charge in [0.2, 0.25) is 0 Å². The number of hydrogen-bond donors (Lipinski definition) is 2. The van der Waals surface area contributed by atoms with E-state index in [1.54, 1.807) is 0 Å². The van der Waals surface area contributed by atoms with E-state index in [9.17, 15) is 14.7 Å². The van der Waals surface area contributed by atoms with Crippen LogP contribution in [0.4, 0.5) is 0 Å². The number of rotatable bonds is 9. The lowest BCUT2D eigenvalue weighted by molar-refractivity contribution is 0.238. The van der Waals surface area contributed by atoms with Crippen LogP contribution in [-0.2, 0) is 5.54 Å². The molecule has 120 valence electrons. The van der Waals surface area contributed by atoms with Crippen molar-refractivity contribution in [1.29, 1.82) is 0 Å². The zero-order chi connectivity index (χ0) is 15.9. The van der Waals surface area contributed by atoms with Crippen LogP contribution in [0.15, 0.2) is 15.8 Å². The van der Waals surface area contributed by atoms with Crippen LogP contribution in [0.25, 0.3) is 0 Å². The first-order chi connectivity index (χ1) is 9.94. The average Bonchev–Trinajstić information content (AvgIpc) is 2.45. The molecule has 0 aliphatic carbocycles. The third-order valence-corrected chi connectivity index (χ3v) is 4.14. The molecule has 0 aromatic carbocycles. The molecule has 1 aromatic heterocycles. The molecule has 0 bridgehead atoms. The highest BCUT2D eigenvalue weighted by molar-refractivity contribution is 5.11. The zero-order valence-corrected chi connectivity index (χ0v) is 13.4. The van der Waals surface area contributed by atoms with Gasteiger partial charge in [0.1, 0.15) is 0 Å². The maximum atomic E-state index is 12.1. The van der Waals surface area contributed by atoms with Crippen molar-refractivity contribution in [1.82, 2.24) is 9.55 Å². The van der Waals surface area contributed by atoms with Gasteiger partial charge in [-0.3, -0.25) is 14.3 Å². The average molecular weight is 296 g/mol. The summed E-state index contributed by atoms with van der Waals surface area (Å²) in [6, 6.07) is 0. The summed E-state index contributed by atoms with van der Waals surface area (Å²) in [6.45, 7) is 6.32. The topological polar surface area (TPSA) is 75.1 Å². The van der Waals surface area contributed by atoms with Crippen molar-refractivity contribution in [3.8, 4) is 5.75 Å². The Labute approximate surface area is 126 Å². The second-order valence-electron chi connectivity index (χ2n) is 6.05. The van der Waals surface area contributed by atoms with Crippen LogP contribution in [0.2, 0.25) is 0 Å². The van der Waals surface area contributed by atoms with E-state index in [-0.39, 0.29) is 5.54 Å². The first kappa shape index (κ1) is 17.5. The lowest BCUT2D eigenvalue weighted by Crippen LogP contribution is -2.42. The molecule has 1 unspecified atom stereocenters. The lowest BCUT2D eigenvalue weighted by atomic mass is 9.88. The van der Waals surface area contributed by atoms with E-state index in [0.717, 1.165) is 38.5 Å². The molecule has 0 fully saturated rings. The Morgan fingerprint density at radius 1 is 1.10 bits per heavy atom. The highest BCUT2D eigenvalue weighted by atomic mass is 16.3. The van der Waals surface area contributed by atoms with E-state index in [2.05, 4.69) is 18.8 Å². The van der Waals surface area contributed by atoms with Crippen LogP contribution in [0.1, 0.15) is 72.1 Å². The molecule has 21 heavy (non-hydrogen) atoms. The first-order valence-electron chi connectivity index (χ1n) is 8.00. The fraction of sp³-hybridized carbons (Fsp3) is 0.750. The van der Waals surface area contributed by atoms with Gasteiger partial charge in [0.05, 0.1) is 6.20 Å². The largest absolute Gasteiger partial charge is 0.502 e. The monoisotopic (exact) mass is 296 g/mol. The summed E-state index contributed by atoms with van der Waals surface area (Å²) in [6.07, 6.45) is 9.63. The minimum Gasteiger partial charge on any atom is -0.502 e. The summed E-state index contributed by atoms with van der Waals surface area (Å²) in [7, 11) is 0. The number of unbranched alkanes of at least 4 members (excludes halogenated alkanes) is 4. The number of H-pyrrole nitrogens is 1. The van der Waals surface area contributed by atoms with E-state index < -0.39 is 17.0 Å². The number of aromatic hydroxyl groups is 1. The predicted octanol–water partition coefficient (Wildman–Crippen LogP) is 3.12. The summed E-state index contributed by atoms with van der Waals surface area (Å²) < 4.78 is 1.51. The van der Waals surface area contributed by atoms with Gasteiger partial charge in [-0.15, -0.1) is 0 Å². The minimum atomic E-state index is -0.722. The molecule has 1 aromatic rings. The van der Waals surface area contributed by atoms with Crippen molar-refractivity contribution in [2.45, 2.75) is 77.7 Å². The van der Waals surface area contributed by atoms with Crippen LogP contribution in [0.5, 0.6) is 5.75 Å². The fourth-order valence-electron chi connectivity index (χ4n) is 2.72. The van der Waals surface area contributed by atoms with Crippen molar-refractivity contribution in [2.75, 3.05) is 0 Å². The van der Waals surface area contributed by atoms with E-state index in [1.165, 1.54) is 23.6 Å². The van der Waals surface area contributed by atoms with Gasteiger partial charge < -0.3 is 5.11 Å². The number of nitrogens with zero attached hydrogens (tertiary/aromatic N) is 1. The molecule has 1 rings (SSSR count). The van der Waals surface area contributed by atoms with Crippen LogP contribution >= 0.6 is 0 Å². The fourth-order valence-corrected chi connectivity index (χ4v) is 2.72. The smallest absolute Gasteiger partial charge is 0.329 e. The summed E-state index contributed by atoms with van der Waals surface area (Å²) in [5.41, 5.74) is -1.52. The molecule has 0 saturated heterocycles. The Balaban J connectivity index is 3.03. The molecule has 0 radical (unpaired) electrons. The SMILES string of the molecule is CCCCCCC(C)(CCCC)n1cc(O)c(=O)[nH]c1=O. The number of nitrogens with one attached hydrogen (secondary N) is 1. The van der Waals surface area contributed by atoms with Gasteiger partial charge in [0.15, 0.2) is 5.75 Å². The van der Waals surface area contributed by atoms with Gasteiger partial charge in [-0.25, -0.2) is 4.79 Å². The van der Waals surface area contributed by atoms with Crippen LogP contribution < -0.4 is 11.2 Å². The highest BCUT2D eigenvalue weighted by Crippen LogP contribution is 2.28. The third kappa shape index (κ3) is 4.76. The van der Waals surface area contributed by atoms with E-state index in [1.807, 2.05) is 6.92 Å². The molecule has 0 aliphatic rings. The van der Waals surface area contributed by atoms with Crippen molar-refractivity contribution < 1.29 is 5.11 Å². The second kappa shape index (κ2) is 8.05. The Morgan fingerprint density at radius 2 is 1.71 bits per heavy atom. The van der Waals surface area contributed by atoms with Crippen molar-refractivity contribution in [3.05, 3.63) is 27.0 Å². The molecule has 1 atom stereocenters. The number of aromatic nitrogens is 2. The summed E-state index contributed by atoms with van der Waals surface area (Å²) in [5.74, 6) is -0.397. The summed E-state index contributed by atoms with van der Waals surface area (Å²) in [4.78, 5) is 25.6. The van der Waals surface area contributed by atoms with Crippen molar-refractivity contribution in [3.63, 3.8) is 0 Å². The zero-order valence-electron chi connectivity index (χ0n) is 13.4. The normalized spacial score (nSPS) is 14.0. The molecule has 0 aliphatic heterocycles. The Bertz CT molecular complexity index is 547. The molecular weight excluding hydrogens is 268 g/mol. The molecule has 2 N–H and O–H groups in total. The van der Waals surface area contributed by atoms with Gasteiger partial charge in [0, 0.05) is 5.54 Å². The maximum Gasteiger partial charge on any atom is 0.329 e. The molecule has 5 nitrogen and oxygen atoms in total. The van der Waals surface area contributed by atoms with Crippen LogP contribution in [0, 0.1) is 0 Å². The first-order valence-corrected chi connectivity index (χ1v) is 8.00. The third-order valence-electron chi connectivity index (χ3n) is 4.14. The number of hydrogen-bond acceptors (Lipinski definition) is 3. The van der Waals surface area contributed by atoms with Crippen molar-refractivity contribution >= 4 is 0 Å². The molecule has 0 amide bonds. The maximum absolute atomic E-state index is 12.1. The van der Waals surface area contributed by atoms with Gasteiger partial charge in [-0.05, 0) is 19.8 Å². The summed E-state index contributed by atoms with van der Waals surface area (Å²) in [5, 5.41) is 9.62. The second-order valence-corrected chi connectivity index (χ2v) is 6.05. The van der Waals surface area contributed by atoms with Gasteiger partial charge in [-0.2, -0.15) is 0 Å². The lowest BCUT2D eigenvalue weighted by Gasteiger charge is -2.32. The van der Waals surface area contributed by atoms with E-state index in [4.69, 9.17) is 0 Å². The van der Waals surface area contributed by atoms with Gasteiger partial charge in [0.25, 0.3) is 5.56 Å².